The predicted molar refractivity (Wildman–Crippen MR) is 129 cm³/mol. The molecule has 0 atom stereocenters. The molecule has 0 unspecified atom stereocenters. The standard InChI is InChI=1S/C25H24N6O3/c1-32-20-10-5-9-19(13-20)27-25-28-23(29-30-25)22-11-6-12-26-24(22)31(15-21-16-33-17-34-21)14-18-7-3-2-4-8-18/h2-13,16H,14-15,17H2,1H3,(H2,27,28,29,30). The van der Waals surface area contributed by atoms with Crippen molar-refractivity contribution >= 4 is 17.5 Å². The second-order valence-electron chi connectivity index (χ2n) is 7.59. The van der Waals surface area contributed by atoms with Gasteiger partial charge in [-0.1, -0.05) is 36.4 Å². The molecule has 3 heterocycles. The fourth-order valence-corrected chi connectivity index (χ4v) is 3.65. The maximum Gasteiger partial charge on any atom is 0.246 e. The zero-order valence-electron chi connectivity index (χ0n) is 18.6. The zero-order chi connectivity index (χ0) is 23.2. The summed E-state index contributed by atoms with van der Waals surface area (Å²) in [7, 11) is 1.63. The Balaban J connectivity index is 1.44. The number of hydrogen-bond donors (Lipinski definition) is 2. The lowest BCUT2D eigenvalue weighted by molar-refractivity contribution is 0.0797. The van der Waals surface area contributed by atoms with Crippen LogP contribution < -0.4 is 15.0 Å². The number of aromatic nitrogens is 4. The molecule has 0 spiro atoms. The first-order valence-electron chi connectivity index (χ1n) is 10.8. The molecule has 9 nitrogen and oxygen atoms in total. The summed E-state index contributed by atoms with van der Waals surface area (Å²) >= 11 is 0. The highest BCUT2D eigenvalue weighted by Gasteiger charge is 2.20. The van der Waals surface area contributed by atoms with E-state index in [1.54, 1.807) is 19.6 Å². The van der Waals surface area contributed by atoms with E-state index in [1.807, 2.05) is 54.6 Å². The van der Waals surface area contributed by atoms with E-state index in [0.29, 0.717) is 24.9 Å². The molecule has 2 aromatic heterocycles. The monoisotopic (exact) mass is 456 g/mol. The number of rotatable bonds is 9. The van der Waals surface area contributed by atoms with Gasteiger partial charge in [-0.15, -0.1) is 5.10 Å². The van der Waals surface area contributed by atoms with Crippen molar-refractivity contribution in [2.24, 2.45) is 0 Å². The Hall–Kier alpha value is -4.53. The Bertz CT molecular complexity index is 1270. The van der Waals surface area contributed by atoms with Crippen molar-refractivity contribution in [3.05, 3.63) is 90.5 Å². The van der Waals surface area contributed by atoms with Gasteiger partial charge in [0.25, 0.3) is 0 Å². The minimum Gasteiger partial charge on any atom is -0.497 e. The number of ether oxygens (including phenoxy) is 3. The summed E-state index contributed by atoms with van der Waals surface area (Å²) < 4.78 is 16.1. The van der Waals surface area contributed by atoms with Crippen molar-refractivity contribution < 1.29 is 14.2 Å². The van der Waals surface area contributed by atoms with Gasteiger partial charge < -0.3 is 24.4 Å². The van der Waals surface area contributed by atoms with Crippen LogP contribution in [0.3, 0.4) is 0 Å². The summed E-state index contributed by atoms with van der Waals surface area (Å²) in [6, 6.07) is 21.6. The van der Waals surface area contributed by atoms with Gasteiger partial charge in [-0.3, -0.25) is 5.10 Å². The second-order valence-corrected chi connectivity index (χ2v) is 7.59. The third-order valence-electron chi connectivity index (χ3n) is 5.24. The summed E-state index contributed by atoms with van der Waals surface area (Å²) in [4.78, 5) is 11.5. The molecule has 2 N–H and O–H groups in total. The maximum atomic E-state index is 5.59. The molecule has 4 aromatic rings. The first-order valence-corrected chi connectivity index (χ1v) is 10.8. The Labute approximate surface area is 197 Å². The highest BCUT2D eigenvalue weighted by atomic mass is 16.7. The lowest BCUT2D eigenvalue weighted by Crippen LogP contribution is -2.27. The van der Waals surface area contributed by atoms with Crippen LogP contribution in [0.25, 0.3) is 11.4 Å². The largest absolute Gasteiger partial charge is 0.497 e. The van der Waals surface area contributed by atoms with E-state index in [4.69, 9.17) is 14.2 Å². The molecular formula is C25H24N6O3. The van der Waals surface area contributed by atoms with Crippen LogP contribution in [-0.2, 0) is 16.0 Å². The number of methoxy groups -OCH3 is 1. The lowest BCUT2D eigenvalue weighted by Gasteiger charge is -2.25. The molecule has 172 valence electrons. The topological polar surface area (TPSA) is 97.4 Å². The Morgan fingerprint density at radius 2 is 1.97 bits per heavy atom. The Morgan fingerprint density at radius 1 is 1.06 bits per heavy atom. The van der Waals surface area contributed by atoms with E-state index in [-0.39, 0.29) is 6.79 Å². The second kappa shape index (κ2) is 9.95. The average molecular weight is 457 g/mol. The normalized spacial score (nSPS) is 12.4. The fraction of sp³-hybridized carbons (Fsp3) is 0.160. The van der Waals surface area contributed by atoms with Crippen molar-refractivity contribution in [2.75, 3.05) is 30.7 Å². The van der Waals surface area contributed by atoms with Gasteiger partial charge in [-0.25, -0.2) is 4.98 Å². The quantitative estimate of drug-likeness (QED) is 0.381. The van der Waals surface area contributed by atoms with Gasteiger partial charge in [0, 0.05) is 24.5 Å². The molecule has 0 saturated carbocycles. The van der Waals surface area contributed by atoms with Gasteiger partial charge in [-0.2, -0.15) is 4.98 Å². The van der Waals surface area contributed by atoms with Crippen LogP contribution in [0.4, 0.5) is 17.5 Å². The van der Waals surface area contributed by atoms with E-state index >= 15 is 0 Å². The number of pyridine rings is 1. The summed E-state index contributed by atoms with van der Waals surface area (Å²) in [6.07, 6.45) is 3.41. The number of hydrogen-bond acceptors (Lipinski definition) is 8. The molecular weight excluding hydrogens is 432 g/mol. The molecule has 5 rings (SSSR count). The van der Waals surface area contributed by atoms with Crippen molar-refractivity contribution in [3.63, 3.8) is 0 Å². The number of benzene rings is 2. The third-order valence-corrected chi connectivity index (χ3v) is 5.24. The van der Waals surface area contributed by atoms with E-state index in [0.717, 1.165) is 34.1 Å². The van der Waals surface area contributed by atoms with Crippen LogP contribution >= 0.6 is 0 Å². The first-order chi connectivity index (χ1) is 16.8. The van der Waals surface area contributed by atoms with E-state index in [2.05, 4.69) is 42.5 Å². The number of nitrogens with one attached hydrogen (secondary N) is 2. The number of aromatic amines is 1. The van der Waals surface area contributed by atoms with Crippen LogP contribution in [0.5, 0.6) is 5.75 Å². The van der Waals surface area contributed by atoms with Crippen molar-refractivity contribution in [3.8, 4) is 17.1 Å². The van der Waals surface area contributed by atoms with Gasteiger partial charge in [0.05, 0.1) is 19.2 Å². The zero-order valence-corrected chi connectivity index (χ0v) is 18.6. The van der Waals surface area contributed by atoms with Gasteiger partial charge >= 0.3 is 0 Å². The molecule has 0 radical (unpaired) electrons. The van der Waals surface area contributed by atoms with Crippen LogP contribution in [-0.4, -0.2) is 40.6 Å². The lowest BCUT2D eigenvalue weighted by atomic mass is 10.1. The van der Waals surface area contributed by atoms with E-state index in [9.17, 15) is 0 Å². The van der Waals surface area contributed by atoms with Crippen molar-refractivity contribution in [2.45, 2.75) is 6.54 Å². The number of nitrogens with zero attached hydrogens (tertiary/aromatic N) is 4. The SMILES string of the molecule is COc1cccc(Nc2n[nH]c(-c3cccnc3N(CC3=COCO3)Cc3ccccc3)n2)c1. The van der Waals surface area contributed by atoms with Gasteiger partial charge in [0.2, 0.25) is 12.7 Å². The highest BCUT2D eigenvalue weighted by molar-refractivity contribution is 5.72. The third kappa shape index (κ3) is 4.93. The smallest absolute Gasteiger partial charge is 0.246 e. The first kappa shape index (κ1) is 21.3. The minimum atomic E-state index is 0.227. The van der Waals surface area contributed by atoms with Gasteiger partial charge in [-0.05, 0) is 29.8 Å². The summed E-state index contributed by atoms with van der Waals surface area (Å²) in [5.41, 5.74) is 2.80. The summed E-state index contributed by atoms with van der Waals surface area (Å²) in [6.45, 7) is 1.36. The minimum absolute atomic E-state index is 0.227. The molecule has 0 bridgehead atoms. The molecule has 1 aliphatic rings. The van der Waals surface area contributed by atoms with Crippen molar-refractivity contribution in [1.29, 1.82) is 0 Å². The summed E-state index contributed by atoms with van der Waals surface area (Å²) in [5.74, 6) is 3.30. The fourth-order valence-electron chi connectivity index (χ4n) is 3.65. The Morgan fingerprint density at radius 3 is 2.79 bits per heavy atom. The van der Waals surface area contributed by atoms with Crippen LogP contribution in [0.2, 0.25) is 0 Å². The van der Waals surface area contributed by atoms with Crippen molar-refractivity contribution in [1.82, 2.24) is 20.2 Å². The molecule has 9 heteroatoms. The summed E-state index contributed by atoms with van der Waals surface area (Å²) in [5, 5.41) is 10.6. The Kier molecular flexibility index (Phi) is 6.24. The van der Waals surface area contributed by atoms with E-state index < -0.39 is 0 Å². The number of H-pyrrole nitrogens is 1. The molecule has 34 heavy (non-hydrogen) atoms. The van der Waals surface area contributed by atoms with Gasteiger partial charge in [0.1, 0.15) is 17.8 Å². The number of anilines is 3. The maximum absolute atomic E-state index is 5.59. The van der Waals surface area contributed by atoms with Gasteiger partial charge in [0.15, 0.2) is 11.6 Å². The average Bonchev–Trinajstić information content (AvgIpc) is 3.57. The van der Waals surface area contributed by atoms with Crippen LogP contribution in [0, 0.1) is 0 Å². The molecule has 2 aromatic carbocycles. The molecule has 0 amide bonds. The molecule has 0 saturated heterocycles. The molecule has 0 fully saturated rings. The highest BCUT2D eigenvalue weighted by Crippen LogP contribution is 2.30. The molecule has 1 aliphatic heterocycles. The van der Waals surface area contributed by atoms with E-state index in [1.165, 1.54) is 0 Å². The van der Waals surface area contributed by atoms with Crippen LogP contribution in [0.15, 0.2) is 84.9 Å². The molecule has 0 aliphatic carbocycles. The van der Waals surface area contributed by atoms with Crippen LogP contribution in [0.1, 0.15) is 5.56 Å². The predicted octanol–water partition coefficient (Wildman–Crippen LogP) is 4.47.